The fraction of sp³-hybridized carbons (Fsp3) is 0.167. The number of fused-ring (bicyclic) bond motifs is 4. The third-order valence-corrected chi connectivity index (χ3v) is 7.24. The van der Waals surface area contributed by atoms with E-state index in [9.17, 15) is 4.79 Å². The number of carbonyl (C=O) groups excluding carboxylic acids is 1. The van der Waals surface area contributed by atoms with Crippen molar-refractivity contribution in [3.05, 3.63) is 86.8 Å². The van der Waals surface area contributed by atoms with E-state index in [1.165, 1.54) is 0 Å². The van der Waals surface area contributed by atoms with E-state index in [1.54, 1.807) is 36.4 Å². The molecule has 0 unspecified atom stereocenters. The van der Waals surface area contributed by atoms with Gasteiger partial charge in [0, 0.05) is 31.5 Å². The van der Waals surface area contributed by atoms with E-state index in [-0.39, 0.29) is 11.9 Å². The Morgan fingerprint density at radius 3 is 2.39 bits per heavy atom. The molecular weight excluding hydrogens is 545 g/mol. The molecule has 1 amide bonds. The topological polar surface area (TPSA) is 53.6 Å². The third kappa shape index (κ3) is 3.97. The Labute approximate surface area is 215 Å². The molecule has 2 aliphatic heterocycles. The van der Waals surface area contributed by atoms with Crippen LogP contribution in [0, 0.1) is 5.92 Å². The first-order chi connectivity index (χ1) is 15.8. The van der Waals surface area contributed by atoms with Crippen LogP contribution in [0.1, 0.15) is 18.5 Å². The smallest absolute Gasteiger partial charge is 0.236 e. The van der Waals surface area contributed by atoms with Crippen molar-refractivity contribution in [2.45, 2.75) is 18.7 Å². The zero-order chi connectivity index (χ0) is 23.3. The summed E-state index contributed by atoms with van der Waals surface area (Å²) in [5, 5.41) is 8.07. The van der Waals surface area contributed by atoms with Gasteiger partial charge in [-0.1, -0.05) is 39.1 Å². The summed E-state index contributed by atoms with van der Waals surface area (Å²) in [6.07, 6.45) is 0. The lowest BCUT2D eigenvalue weighted by molar-refractivity contribution is -0.130. The third-order valence-electron chi connectivity index (χ3n) is 5.94. The summed E-state index contributed by atoms with van der Waals surface area (Å²) >= 11 is 21.4. The van der Waals surface area contributed by atoms with Crippen LogP contribution in [0.5, 0.6) is 5.75 Å². The molecule has 2 bridgehead atoms. The molecule has 3 aromatic carbocycles. The molecular formula is C24H18BrCl2N3O2S. The van der Waals surface area contributed by atoms with Gasteiger partial charge in [0.05, 0.1) is 6.04 Å². The number of nitrogens with zero attached hydrogens (tertiary/aromatic N) is 1. The second-order valence-electron chi connectivity index (χ2n) is 8.05. The van der Waals surface area contributed by atoms with E-state index in [1.807, 2.05) is 42.2 Å². The lowest BCUT2D eigenvalue weighted by Gasteiger charge is -2.56. The first-order valence-corrected chi connectivity index (χ1v) is 12.1. The Bertz CT molecular complexity index is 1260. The minimum Gasteiger partial charge on any atom is -0.467 e. The standard InChI is InChI=1S/C24H18BrCl2N3O2S/c1-24-20(22(31)28-16-7-3-14(26)4-8-16)21(18-12-13(25)2-11-19(18)32-24)29-23(33)30(24)17-9-5-15(27)6-10-17/h2-12,20-21H,1H3,(H,28,31)(H,29,33)/t20-,21-,24-/m1/s1. The minimum atomic E-state index is -1.10. The van der Waals surface area contributed by atoms with Crippen molar-refractivity contribution in [3.63, 3.8) is 0 Å². The molecule has 1 fully saturated rings. The van der Waals surface area contributed by atoms with E-state index < -0.39 is 11.6 Å². The van der Waals surface area contributed by atoms with Crippen LogP contribution in [-0.4, -0.2) is 16.7 Å². The summed E-state index contributed by atoms with van der Waals surface area (Å²) < 4.78 is 7.45. The Morgan fingerprint density at radius 1 is 1.09 bits per heavy atom. The van der Waals surface area contributed by atoms with Gasteiger partial charge < -0.3 is 15.4 Å². The average Bonchev–Trinajstić information content (AvgIpc) is 2.77. The normalized spacial score (nSPS) is 23.3. The van der Waals surface area contributed by atoms with Gasteiger partial charge in [-0.25, -0.2) is 0 Å². The van der Waals surface area contributed by atoms with Crippen molar-refractivity contribution in [1.29, 1.82) is 0 Å². The lowest BCUT2D eigenvalue weighted by atomic mass is 9.78. The molecule has 2 N–H and O–H groups in total. The number of amides is 1. The van der Waals surface area contributed by atoms with Crippen LogP contribution in [0.25, 0.3) is 0 Å². The zero-order valence-corrected chi connectivity index (χ0v) is 21.2. The minimum absolute atomic E-state index is 0.204. The molecule has 5 nitrogen and oxygen atoms in total. The Morgan fingerprint density at radius 2 is 1.73 bits per heavy atom. The van der Waals surface area contributed by atoms with Gasteiger partial charge in [-0.2, -0.15) is 0 Å². The van der Waals surface area contributed by atoms with Crippen LogP contribution in [-0.2, 0) is 4.79 Å². The number of ether oxygens (including phenoxy) is 1. The van der Waals surface area contributed by atoms with Crippen molar-refractivity contribution >= 4 is 73.7 Å². The maximum atomic E-state index is 13.7. The molecule has 1 saturated heterocycles. The molecule has 5 rings (SSSR count). The SMILES string of the molecule is C[C@]12Oc3ccc(Br)cc3[C@@H](NC(=S)N1c1ccc(Cl)cc1)[C@@H]2C(=O)Nc1ccc(Cl)cc1. The van der Waals surface area contributed by atoms with Crippen LogP contribution in [0.3, 0.4) is 0 Å². The Hall–Kier alpha value is -2.32. The number of anilines is 2. The molecule has 2 heterocycles. The van der Waals surface area contributed by atoms with Gasteiger partial charge in [-0.05, 0) is 85.9 Å². The van der Waals surface area contributed by atoms with Gasteiger partial charge in [-0.3, -0.25) is 9.69 Å². The van der Waals surface area contributed by atoms with Gasteiger partial charge in [0.25, 0.3) is 0 Å². The van der Waals surface area contributed by atoms with E-state index in [0.717, 1.165) is 15.7 Å². The molecule has 2 aliphatic rings. The monoisotopic (exact) mass is 561 g/mol. The number of hydrogen-bond acceptors (Lipinski definition) is 3. The number of carbonyl (C=O) groups is 1. The van der Waals surface area contributed by atoms with Gasteiger partial charge in [-0.15, -0.1) is 0 Å². The van der Waals surface area contributed by atoms with Crippen molar-refractivity contribution < 1.29 is 9.53 Å². The molecule has 0 spiro atoms. The first-order valence-electron chi connectivity index (χ1n) is 10.2. The van der Waals surface area contributed by atoms with Crippen LogP contribution < -0.4 is 20.3 Å². The van der Waals surface area contributed by atoms with Crippen LogP contribution in [0.4, 0.5) is 11.4 Å². The van der Waals surface area contributed by atoms with Crippen LogP contribution >= 0.6 is 51.3 Å². The molecule has 33 heavy (non-hydrogen) atoms. The molecule has 0 saturated carbocycles. The summed E-state index contributed by atoms with van der Waals surface area (Å²) in [7, 11) is 0. The van der Waals surface area contributed by atoms with Crippen molar-refractivity contribution in [3.8, 4) is 5.75 Å². The second kappa shape index (κ2) is 8.47. The number of thiocarbonyl (C=S) groups is 1. The number of nitrogens with one attached hydrogen (secondary N) is 2. The van der Waals surface area contributed by atoms with Gasteiger partial charge in [0.1, 0.15) is 11.7 Å². The number of hydrogen-bond donors (Lipinski definition) is 2. The maximum absolute atomic E-state index is 13.7. The predicted molar refractivity (Wildman–Crippen MR) is 139 cm³/mol. The van der Waals surface area contributed by atoms with E-state index in [0.29, 0.717) is 26.6 Å². The van der Waals surface area contributed by atoms with E-state index in [2.05, 4.69) is 26.6 Å². The van der Waals surface area contributed by atoms with E-state index in [4.69, 9.17) is 40.2 Å². The molecule has 3 atom stereocenters. The van der Waals surface area contributed by atoms with Gasteiger partial charge in [0.2, 0.25) is 5.91 Å². The van der Waals surface area contributed by atoms with Crippen molar-refractivity contribution in [1.82, 2.24) is 5.32 Å². The highest BCUT2D eigenvalue weighted by molar-refractivity contribution is 9.10. The zero-order valence-electron chi connectivity index (χ0n) is 17.3. The van der Waals surface area contributed by atoms with E-state index >= 15 is 0 Å². The maximum Gasteiger partial charge on any atom is 0.236 e. The fourth-order valence-corrected chi connectivity index (χ4v) is 5.53. The van der Waals surface area contributed by atoms with Gasteiger partial charge in [0.15, 0.2) is 10.8 Å². The highest BCUT2D eigenvalue weighted by Gasteiger charge is 2.59. The highest BCUT2D eigenvalue weighted by Crippen LogP contribution is 2.50. The largest absolute Gasteiger partial charge is 0.467 e. The summed E-state index contributed by atoms with van der Waals surface area (Å²) in [6, 6.07) is 19.7. The van der Waals surface area contributed by atoms with Crippen LogP contribution in [0.2, 0.25) is 10.0 Å². The quantitative estimate of drug-likeness (QED) is 0.354. The first kappa shape index (κ1) is 22.5. The Balaban J connectivity index is 1.62. The summed E-state index contributed by atoms with van der Waals surface area (Å²) in [5.41, 5.74) is 1.17. The predicted octanol–water partition coefficient (Wildman–Crippen LogP) is 6.56. The van der Waals surface area contributed by atoms with Crippen molar-refractivity contribution in [2.75, 3.05) is 10.2 Å². The van der Waals surface area contributed by atoms with Crippen molar-refractivity contribution in [2.24, 2.45) is 5.92 Å². The molecule has 3 aromatic rings. The lowest BCUT2D eigenvalue weighted by Crippen LogP contribution is -2.72. The molecule has 0 aliphatic carbocycles. The summed E-state index contributed by atoms with van der Waals surface area (Å²) in [6.45, 7) is 1.89. The summed E-state index contributed by atoms with van der Waals surface area (Å²) in [4.78, 5) is 15.6. The average molecular weight is 563 g/mol. The fourth-order valence-electron chi connectivity index (χ4n) is 4.49. The molecule has 9 heteroatoms. The number of rotatable bonds is 3. The van der Waals surface area contributed by atoms with Gasteiger partial charge >= 0.3 is 0 Å². The molecule has 0 radical (unpaired) electrons. The molecule has 0 aromatic heterocycles. The van der Waals surface area contributed by atoms with Crippen LogP contribution in [0.15, 0.2) is 71.2 Å². The second-order valence-corrected chi connectivity index (χ2v) is 10.2. The molecule has 168 valence electrons. The number of benzene rings is 3. The highest BCUT2D eigenvalue weighted by atomic mass is 79.9. The Kier molecular flexibility index (Phi) is 5.77. The summed E-state index contributed by atoms with van der Waals surface area (Å²) in [5.74, 6) is -0.156. The number of halogens is 3.